The number of benzene rings is 1. The van der Waals surface area contributed by atoms with Crippen molar-refractivity contribution >= 4 is 11.6 Å². The minimum atomic E-state index is -4.90. The minimum Gasteiger partial charge on any atom is -0.396 e. The van der Waals surface area contributed by atoms with E-state index in [-0.39, 0.29) is 18.2 Å². The fourth-order valence-electron chi connectivity index (χ4n) is 1.49. The summed E-state index contributed by atoms with van der Waals surface area (Å²) in [5.41, 5.74) is 0.844. The lowest BCUT2D eigenvalue weighted by Gasteiger charge is -2.11. The maximum Gasteiger partial charge on any atom is 0.471 e. The third-order valence-corrected chi connectivity index (χ3v) is 2.58. The van der Waals surface area contributed by atoms with Crippen LogP contribution in [0.25, 0.3) is 0 Å². The predicted molar refractivity (Wildman–Crippen MR) is 69.1 cm³/mol. The predicted octanol–water partition coefficient (Wildman–Crippen LogP) is 1.91. The van der Waals surface area contributed by atoms with E-state index in [1.807, 2.05) is 6.92 Å². The molecule has 0 aliphatic heterocycles. The van der Waals surface area contributed by atoms with Gasteiger partial charge in [-0.25, -0.2) is 0 Å². The van der Waals surface area contributed by atoms with Crippen molar-refractivity contribution in [3.63, 3.8) is 0 Å². The molecule has 1 rings (SSSR count). The summed E-state index contributed by atoms with van der Waals surface area (Å²) >= 11 is 0. The molecule has 0 aromatic heterocycles. The van der Waals surface area contributed by atoms with Gasteiger partial charge in [0.05, 0.1) is 0 Å². The van der Waals surface area contributed by atoms with Gasteiger partial charge < -0.3 is 15.7 Å². The molecule has 0 aliphatic rings. The summed E-state index contributed by atoms with van der Waals surface area (Å²) in [7, 11) is 0. The number of hydrogen-bond donors (Lipinski definition) is 3. The third-order valence-electron chi connectivity index (χ3n) is 2.58. The zero-order valence-corrected chi connectivity index (χ0v) is 11.0. The van der Waals surface area contributed by atoms with Crippen LogP contribution < -0.4 is 10.6 Å². The van der Waals surface area contributed by atoms with Crippen molar-refractivity contribution in [3.8, 4) is 0 Å². The Labute approximate surface area is 115 Å². The Hall–Kier alpha value is -1.60. The lowest BCUT2D eigenvalue weighted by molar-refractivity contribution is -0.167. The van der Waals surface area contributed by atoms with Gasteiger partial charge in [0.1, 0.15) is 0 Å². The van der Waals surface area contributed by atoms with Crippen LogP contribution in [0.5, 0.6) is 0 Å². The lowest BCUT2D eigenvalue weighted by atomic mass is 10.1. The molecule has 4 nitrogen and oxygen atoms in total. The SMILES string of the molecule is CC(CO)CNCc1cccc(NC(=O)C(F)(F)F)c1. The van der Waals surface area contributed by atoms with Gasteiger partial charge in [-0.3, -0.25) is 4.79 Å². The second-order valence-corrected chi connectivity index (χ2v) is 4.57. The highest BCUT2D eigenvalue weighted by atomic mass is 19.4. The molecule has 1 amide bonds. The highest BCUT2D eigenvalue weighted by Crippen LogP contribution is 2.18. The maximum absolute atomic E-state index is 12.1. The standard InChI is InChI=1S/C13H17F3N2O2/c1-9(8-19)6-17-7-10-3-2-4-11(5-10)18-12(20)13(14,15)16/h2-5,9,17,19H,6-8H2,1H3,(H,18,20). The van der Waals surface area contributed by atoms with E-state index in [9.17, 15) is 18.0 Å². The van der Waals surface area contributed by atoms with Gasteiger partial charge in [-0.2, -0.15) is 13.2 Å². The molecule has 7 heteroatoms. The summed E-state index contributed by atoms with van der Waals surface area (Å²) < 4.78 is 36.4. The van der Waals surface area contributed by atoms with Gasteiger partial charge in [-0.05, 0) is 23.6 Å². The molecule has 0 fully saturated rings. The van der Waals surface area contributed by atoms with E-state index < -0.39 is 12.1 Å². The Morgan fingerprint density at radius 3 is 2.70 bits per heavy atom. The topological polar surface area (TPSA) is 61.4 Å². The molecular weight excluding hydrogens is 273 g/mol. The van der Waals surface area contributed by atoms with Crippen molar-refractivity contribution in [2.45, 2.75) is 19.6 Å². The zero-order valence-electron chi connectivity index (χ0n) is 11.0. The van der Waals surface area contributed by atoms with Crippen molar-refractivity contribution in [2.24, 2.45) is 5.92 Å². The van der Waals surface area contributed by atoms with Crippen LogP contribution in [0.15, 0.2) is 24.3 Å². The molecule has 1 aromatic carbocycles. The van der Waals surface area contributed by atoms with E-state index >= 15 is 0 Å². The number of carbonyl (C=O) groups is 1. The summed E-state index contributed by atoms with van der Waals surface area (Å²) in [6, 6.07) is 6.17. The molecule has 3 N–H and O–H groups in total. The largest absolute Gasteiger partial charge is 0.471 e. The van der Waals surface area contributed by atoms with E-state index in [1.165, 1.54) is 12.1 Å². The highest BCUT2D eigenvalue weighted by Gasteiger charge is 2.38. The number of hydrogen-bond acceptors (Lipinski definition) is 3. The van der Waals surface area contributed by atoms with Gasteiger partial charge in [0.2, 0.25) is 0 Å². The Kier molecular flexibility index (Phi) is 5.97. The molecule has 0 spiro atoms. The van der Waals surface area contributed by atoms with Gasteiger partial charge in [-0.15, -0.1) is 0 Å². The smallest absolute Gasteiger partial charge is 0.396 e. The molecule has 1 atom stereocenters. The molecular formula is C13H17F3N2O2. The van der Waals surface area contributed by atoms with Crippen LogP contribution in [0.2, 0.25) is 0 Å². The fourth-order valence-corrected chi connectivity index (χ4v) is 1.49. The van der Waals surface area contributed by atoms with Gasteiger partial charge in [0, 0.05) is 25.4 Å². The van der Waals surface area contributed by atoms with Gasteiger partial charge >= 0.3 is 12.1 Å². The Morgan fingerprint density at radius 1 is 1.40 bits per heavy atom. The average Bonchev–Trinajstić information content (AvgIpc) is 2.38. The Balaban J connectivity index is 2.56. The van der Waals surface area contributed by atoms with Gasteiger partial charge in [0.15, 0.2) is 0 Å². The Bertz CT molecular complexity index is 449. The van der Waals surface area contributed by atoms with Crippen molar-refractivity contribution in [1.82, 2.24) is 5.32 Å². The summed E-state index contributed by atoms with van der Waals surface area (Å²) in [4.78, 5) is 10.8. The quantitative estimate of drug-likeness (QED) is 0.750. The highest BCUT2D eigenvalue weighted by molar-refractivity contribution is 5.94. The van der Waals surface area contributed by atoms with Gasteiger partial charge in [0.25, 0.3) is 0 Å². The number of aliphatic hydroxyl groups is 1. The molecule has 112 valence electrons. The number of halogens is 3. The molecule has 20 heavy (non-hydrogen) atoms. The van der Waals surface area contributed by atoms with E-state index in [2.05, 4.69) is 5.32 Å². The number of rotatable bonds is 6. The molecule has 0 saturated carbocycles. The van der Waals surface area contributed by atoms with E-state index in [0.29, 0.717) is 13.1 Å². The van der Waals surface area contributed by atoms with Crippen molar-refractivity contribution in [3.05, 3.63) is 29.8 Å². The lowest BCUT2D eigenvalue weighted by Crippen LogP contribution is -2.30. The molecule has 0 heterocycles. The first kappa shape index (κ1) is 16.5. The van der Waals surface area contributed by atoms with Crippen LogP contribution in [-0.4, -0.2) is 30.3 Å². The van der Waals surface area contributed by atoms with E-state index in [4.69, 9.17) is 5.11 Å². The van der Waals surface area contributed by atoms with Crippen molar-refractivity contribution in [2.75, 3.05) is 18.5 Å². The monoisotopic (exact) mass is 290 g/mol. The molecule has 0 saturated heterocycles. The maximum atomic E-state index is 12.1. The van der Waals surface area contributed by atoms with E-state index in [1.54, 1.807) is 17.4 Å². The average molecular weight is 290 g/mol. The van der Waals surface area contributed by atoms with Crippen LogP contribution in [0.3, 0.4) is 0 Å². The van der Waals surface area contributed by atoms with Gasteiger partial charge in [-0.1, -0.05) is 19.1 Å². The second kappa shape index (κ2) is 7.25. The van der Waals surface area contributed by atoms with Crippen LogP contribution in [0.1, 0.15) is 12.5 Å². The molecule has 0 radical (unpaired) electrons. The van der Waals surface area contributed by atoms with Crippen LogP contribution in [0, 0.1) is 5.92 Å². The number of amides is 1. The fraction of sp³-hybridized carbons (Fsp3) is 0.462. The van der Waals surface area contributed by atoms with Crippen LogP contribution >= 0.6 is 0 Å². The normalized spacial score (nSPS) is 13.1. The van der Waals surface area contributed by atoms with Crippen molar-refractivity contribution in [1.29, 1.82) is 0 Å². The first-order chi connectivity index (χ1) is 9.32. The summed E-state index contributed by atoms with van der Waals surface area (Å²) in [5.74, 6) is -1.89. The summed E-state index contributed by atoms with van der Waals surface area (Å²) in [5, 5.41) is 13.7. The number of carbonyl (C=O) groups excluding carboxylic acids is 1. The molecule has 0 aliphatic carbocycles. The van der Waals surface area contributed by atoms with E-state index in [0.717, 1.165) is 5.56 Å². The third kappa shape index (κ3) is 5.58. The number of anilines is 1. The first-order valence-electron chi connectivity index (χ1n) is 6.11. The zero-order chi connectivity index (χ0) is 15.2. The summed E-state index contributed by atoms with van der Waals surface area (Å²) in [6.45, 7) is 2.97. The second-order valence-electron chi connectivity index (χ2n) is 4.57. The Morgan fingerprint density at radius 2 is 2.10 bits per heavy atom. The summed E-state index contributed by atoms with van der Waals surface area (Å²) in [6.07, 6.45) is -4.90. The molecule has 1 unspecified atom stereocenters. The van der Waals surface area contributed by atoms with Crippen molar-refractivity contribution < 1.29 is 23.1 Å². The van der Waals surface area contributed by atoms with Crippen LogP contribution in [-0.2, 0) is 11.3 Å². The number of alkyl halides is 3. The molecule has 1 aromatic rings. The van der Waals surface area contributed by atoms with Crippen LogP contribution in [0.4, 0.5) is 18.9 Å². The molecule has 0 bridgehead atoms. The minimum absolute atomic E-state index is 0.0642. The number of nitrogens with one attached hydrogen (secondary N) is 2. The first-order valence-corrected chi connectivity index (χ1v) is 6.11. The number of aliphatic hydroxyl groups excluding tert-OH is 1.